The molecule has 7 nitrogen and oxygen atoms in total. The van der Waals surface area contributed by atoms with Gasteiger partial charge < -0.3 is 20.3 Å². The fraction of sp³-hybridized carbons (Fsp3) is 0.944. The zero-order valence-corrected chi connectivity index (χ0v) is 15.1. The Hall–Kier alpha value is -0.730. The lowest BCUT2D eigenvalue weighted by Crippen LogP contribution is -2.60. The molecule has 0 bridgehead atoms. The van der Waals surface area contributed by atoms with E-state index in [0.29, 0.717) is 19.1 Å². The number of hydrogen-bond donors (Lipinski definition) is 3. The Balaban J connectivity index is 1.35. The van der Waals surface area contributed by atoms with Gasteiger partial charge in [-0.15, -0.1) is 0 Å². The molecule has 0 aromatic carbocycles. The van der Waals surface area contributed by atoms with Gasteiger partial charge in [0.2, 0.25) is 5.91 Å². The number of carbonyl (C=O) groups is 1. The summed E-state index contributed by atoms with van der Waals surface area (Å²) >= 11 is 0. The third kappa shape index (κ3) is 5.37. The smallest absolute Gasteiger partial charge is 0.234 e. The maximum absolute atomic E-state index is 12.2. The maximum atomic E-state index is 12.2. The van der Waals surface area contributed by atoms with Crippen molar-refractivity contribution in [1.82, 2.24) is 15.1 Å². The Labute approximate surface area is 150 Å². The van der Waals surface area contributed by atoms with Crippen molar-refractivity contribution in [3.63, 3.8) is 0 Å². The maximum Gasteiger partial charge on any atom is 0.234 e. The standard InChI is InChI=1S/C18H33N3O4/c22-16-13-25-12-15(18(16)24)21-8-6-20(7-9-21)11-17(23)19-10-14-4-2-1-3-5-14/h14-16,18,22,24H,1-13H2,(H,19,23)/t15-,16-,18+/m1/s1. The van der Waals surface area contributed by atoms with Crippen molar-refractivity contribution in [2.24, 2.45) is 5.92 Å². The fourth-order valence-corrected chi connectivity index (χ4v) is 4.25. The van der Waals surface area contributed by atoms with Crippen LogP contribution in [0.2, 0.25) is 0 Å². The molecule has 0 aromatic rings. The summed E-state index contributed by atoms with van der Waals surface area (Å²) in [5.41, 5.74) is 0. The van der Waals surface area contributed by atoms with E-state index in [2.05, 4.69) is 15.1 Å². The van der Waals surface area contributed by atoms with Crippen LogP contribution in [0.3, 0.4) is 0 Å². The number of ether oxygens (including phenoxy) is 1. The lowest BCUT2D eigenvalue weighted by molar-refractivity contribution is -0.138. The van der Waals surface area contributed by atoms with Crippen molar-refractivity contribution < 1.29 is 19.7 Å². The topological polar surface area (TPSA) is 85.3 Å². The van der Waals surface area contributed by atoms with Crippen molar-refractivity contribution in [3.05, 3.63) is 0 Å². The molecular formula is C18H33N3O4. The van der Waals surface area contributed by atoms with Crippen LogP contribution in [0.1, 0.15) is 32.1 Å². The average Bonchev–Trinajstić information content (AvgIpc) is 2.64. The van der Waals surface area contributed by atoms with Gasteiger partial charge in [0.1, 0.15) is 6.10 Å². The predicted molar refractivity (Wildman–Crippen MR) is 94.2 cm³/mol. The van der Waals surface area contributed by atoms with Gasteiger partial charge in [-0.2, -0.15) is 0 Å². The van der Waals surface area contributed by atoms with Crippen LogP contribution in [0, 0.1) is 5.92 Å². The zero-order chi connectivity index (χ0) is 17.6. The second-order valence-corrected chi connectivity index (χ2v) is 7.78. The number of carbonyl (C=O) groups excluding carboxylic acids is 1. The minimum Gasteiger partial charge on any atom is -0.389 e. The molecule has 1 aliphatic carbocycles. The molecule has 3 rings (SSSR count). The van der Waals surface area contributed by atoms with Crippen molar-refractivity contribution in [2.45, 2.75) is 50.4 Å². The van der Waals surface area contributed by atoms with Gasteiger partial charge in [-0.1, -0.05) is 19.3 Å². The van der Waals surface area contributed by atoms with Crippen LogP contribution in [-0.2, 0) is 9.53 Å². The summed E-state index contributed by atoms with van der Waals surface area (Å²) in [4.78, 5) is 16.5. The molecular weight excluding hydrogens is 322 g/mol. The number of rotatable bonds is 5. The van der Waals surface area contributed by atoms with Crippen LogP contribution in [-0.4, -0.2) is 96.7 Å². The molecule has 3 aliphatic rings. The minimum absolute atomic E-state index is 0.121. The van der Waals surface area contributed by atoms with E-state index in [9.17, 15) is 15.0 Å². The number of hydrogen-bond acceptors (Lipinski definition) is 6. The summed E-state index contributed by atoms with van der Waals surface area (Å²) in [5.74, 6) is 0.782. The number of amides is 1. The summed E-state index contributed by atoms with van der Waals surface area (Å²) in [5, 5.41) is 23.0. The van der Waals surface area contributed by atoms with E-state index in [4.69, 9.17) is 4.74 Å². The Kier molecular flexibility index (Phi) is 7.07. The van der Waals surface area contributed by atoms with Gasteiger partial charge in [-0.3, -0.25) is 14.6 Å². The van der Waals surface area contributed by atoms with Gasteiger partial charge in [-0.05, 0) is 18.8 Å². The molecule has 144 valence electrons. The molecule has 2 aliphatic heterocycles. The Morgan fingerprint density at radius 1 is 1.04 bits per heavy atom. The number of aliphatic hydroxyl groups is 2. The van der Waals surface area contributed by atoms with Gasteiger partial charge in [0.15, 0.2) is 0 Å². The molecule has 3 N–H and O–H groups in total. The molecule has 1 saturated carbocycles. The summed E-state index contributed by atoms with van der Waals surface area (Å²) in [6.45, 7) is 5.11. The number of aliphatic hydroxyl groups excluding tert-OH is 2. The molecule has 7 heteroatoms. The molecule has 3 fully saturated rings. The summed E-state index contributed by atoms with van der Waals surface area (Å²) in [6, 6.07) is -0.147. The Bertz CT molecular complexity index is 423. The van der Waals surface area contributed by atoms with Gasteiger partial charge in [0.25, 0.3) is 0 Å². The Morgan fingerprint density at radius 3 is 2.48 bits per heavy atom. The van der Waals surface area contributed by atoms with Crippen LogP contribution in [0.4, 0.5) is 0 Å². The van der Waals surface area contributed by atoms with E-state index >= 15 is 0 Å². The molecule has 0 spiro atoms. The normalized spacial score (nSPS) is 33.3. The minimum atomic E-state index is -0.803. The highest BCUT2D eigenvalue weighted by Gasteiger charge is 2.36. The molecule has 1 amide bonds. The molecule has 0 radical (unpaired) electrons. The predicted octanol–water partition coefficient (Wildman–Crippen LogP) is -0.579. The summed E-state index contributed by atoms with van der Waals surface area (Å²) < 4.78 is 5.37. The van der Waals surface area contributed by atoms with Crippen molar-refractivity contribution in [2.75, 3.05) is 52.5 Å². The van der Waals surface area contributed by atoms with Gasteiger partial charge in [0, 0.05) is 32.7 Å². The summed E-state index contributed by atoms with van der Waals surface area (Å²) in [7, 11) is 0. The lowest BCUT2D eigenvalue weighted by Gasteiger charge is -2.43. The first-order valence-corrected chi connectivity index (χ1v) is 9.80. The first kappa shape index (κ1) is 19.0. The van der Waals surface area contributed by atoms with E-state index in [-0.39, 0.29) is 18.6 Å². The van der Waals surface area contributed by atoms with Crippen LogP contribution in [0.5, 0.6) is 0 Å². The monoisotopic (exact) mass is 355 g/mol. The second-order valence-electron chi connectivity index (χ2n) is 7.78. The largest absolute Gasteiger partial charge is 0.389 e. The molecule has 0 unspecified atom stereocenters. The molecule has 0 aromatic heterocycles. The molecule has 25 heavy (non-hydrogen) atoms. The highest BCUT2D eigenvalue weighted by Crippen LogP contribution is 2.22. The zero-order valence-electron chi connectivity index (χ0n) is 15.1. The van der Waals surface area contributed by atoms with Gasteiger partial charge >= 0.3 is 0 Å². The van der Waals surface area contributed by atoms with E-state index in [0.717, 1.165) is 32.7 Å². The highest BCUT2D eigenvalue weighted by molar-refractivity contribution is 5.78. The fourth-order valence-electron chi connectivity index (χ4n) is 4.25. The molecule has 3 atom stereocenters. The van der Waals surface area contributed by atoms with E-state index < -0.39 is 12.2 Å². The van der Waals surface area contributed by atoms with Crippen LogP contribution in [0.25, 0.3) is 0 Å². The number of piperazine rings is 1. The van der Waals surface area contributed by atoms with Crippen LogP contribution < -0.4 is 5.32 Å². The van der Waals surface area contributed by atoms with Crippen molar-refractivity contribution in [3.8, 4) is 0 Å². The van der Waals surface area contributed by atoms with Gasteiger partial charge in [-0.25, -0.2) is 0 Å². The van der Waals surface area contributed by atoms with Crippen LogP contribution in [0.15, 0.2) is 0 Å². The third-order valence-electron chi connectivity index (χ3n) is 5.92. The van der Waals surface area contributed by atoms with Crippen molar-refractivity contribution >= 4 is 5.91 Å². The van der Waals surface area contributed by atoms with Crippen LogP contribution >= 0.6 is 0 Å². The average molecular weight is 355 g/mol. The summed E-state index contributed by atoms with van der Waals surface area (Å²) in [6.07, 6.45) is 4.88. The first-order valence-electron chi connectivity index (χ1n) is 9.80. The molecule has 2 saturated heterocycles. The van der Waals surface area contributed by atoms with E-state index in [1.165, 1.54) is 32.1 Å². The number of nitrogens with one attached hydrogen (secondary N) is 1. The first-order chi connectivity index (χ1) is 12.1. The van der Waals surface area contributed by atoms with Gasteiger partial charge in [0.05, 0.1) is 31.9 Å². The van der Waals surface area contributed by atoms with Crippen molar-refractivity contribution in [1.29, 1.82) is 0 Å². The highest BCUT2D eigenvalue weighted by atomic mass is 16.5. The second kappa shape index (κ2) is 9.28. The third-order valence-corrected chi connectivity index (χ3v) is 5.92. The quantitative estimate of drug-likeness (QED) is 0.612. The lowest BCUT2D eigenvalue weighted by atomic mass is 9.89. The SMILES string of the molecule is O=C(CN1CCN([C@@H]2COC[C@@H](O)[C@H]2O)CC1)NCC1CCCCC1. The number of nitrogens with zero attached hydrogens (tertiary/aromatic N) is 2. The van der Waals surface area contributed by atoms with E-state index in [1.807, 2.05) is 0 Å². The van der Waals surface area contributed by atoms with E-state index in [1.54, 1.807) is 0 Å². The molecule has 2 heterocycles. The Morgan fingerprint density at radius 2 is 1.76 bits per heavy atom.